The van der Waals surface area contributed by atoms with Crippen molar-refractivity contribution in [3.8, 4) is 0 Å². The van der Waals surface area contributed by atoms with Crippen LogP contribution in [0.3, 0.4) is 0 Å². The van der Waals surface area contributed by atoms with Gasteiger partial charge in [-0.2, -0.15) is 0 Å². The van der Waals surface area contributed by atoms with Crippen LogP contribution in [-0.2, 0) is 23.8 Å². The van der Waals surface area contributed by atoms with E-state index < -0.39 is 19.1 Å². The summed E-state index contributed by atoms with van der Waals surface area (Å²) in [6, 6.07) is 4.67. The molecule has 0 heterocycles. The summed E-state index contributed by atoms with van der Waals surface area (Å²) in [6.07, 6.45) is 1.95. The summed E-state index contributed by atoms with van der Waals surface area (Å²) < 4.78 is 53.6. The summed E-state index contributed by atoms with van der Waals surface area (Å²) in [7, 11) is -2.38. The lowest BCUT2D eigenvalue weighted by Gasteiger charge is -2.07. The molecular formula is C12H18ClNO5S2. The first-order valence-corrected chi connectivity index (χ1v) is 10.2. The molecule has 120 valence electrons. The predicted molar refractivity (Wildman–Crippen MR) is 80.4 cm³/mol. The number of hydrogen-bond acceptors (Lipinski definition) is 5. The number of hydrogen-bond donors (Lipinski definition) is 1. The molecule has 0 radical (unpaired) electrons. The van der Waals surface area contributed by atoms with Gasteiger partial charge in [-0.15, -0.1) is 0 Å². The maximum absolute atomic E-state index is 11.9. The fraction of sp³-hybridized carbons (Fsp3) is 0.500. The van der Waals surface area contributed by atoms with Crippen molar-refractivity contribution in [3.05, 3.63) is 24.3 Å². The zero-order valence-electron chi connectivity index (χ0n) is 11.6. The molecule has 1 N–H and O–H groups in total. The van der Waals surface area contributed by atoms with Crippen molar-refractivity contribution in [3.63, 3.8) is 0 Å². The van der Waals surface area contributed by atoms with Crippen molar-refractivity contribution in [1.82, 2.24) is 4.72 Å². The van der Waals surface area contributed by atoms with Crippen molar-refractivity contribution in [1.29, 1.82) is 0 Å². The average Bonchev–Trinajstić information content (AvgIpc) is 2.42. The highest BCUT2D eigenvalue weighted by Gasteiger charge is 2.15. The predicted octanol–water partition coefficient (Wildman–Crippen LogP) is 1.71. The zero-order valence-corrected chi connectivity index (χ0v) is 14.0. The first-order chi connectivity index (χ1) is 9.77. The summed E-state index contributed by atoms with van der Waals surface area (Å²) in [5.41, 5.74) is 0. The topological polar surface area (TPSA) is 89.5 Å². The number of nitrogens with one attached hydrogen (secondary N) is 1. The molecule has 9 heteroatoms. The minimum Gasteiger partial charge on any atom is -0.380 e. The minimum atomic E-state index is -3.86. The van der Waals surface area contributed by atoms with Gasteiger partial charge in [0, 0.05) is 23.8 Å². The second-order valence-electron chi connectivity index (χ2n) is 4.27. The van der Waals surface area contributed by atoms with E-state index in [1.165, 1.54) is 12.1 Å². The van der Waals surface area contributed by atoms with Crippen molar-refractivity contribution in [2.45, 2.75) is 29.6 Å². The molecule has 0 spiro atoms. The number of unbranched alkanes of at least 4 members (excludes halogenated alkanes) is 1. The molecule has 0 saturated carbocycles. The van der Waals surface area contributed by atoms with Gasteiger partial charge in [0.15, 0.2) is 0 Å². The lowest BCUT2D eigenvalue weighted by atomic mass is 10.4. The molecular weight excluding hydrogens is 338 g/mol. The van der Waals surface area contributed by atoms with Crippen LogP contribution in [0.2, 0.25) is 0 Å². The van der Waals surface area contributed by atoms with Crippen molar-refractivity contribution < 1.29 is 21.6 Å². The number of benzene rings is 1. The lowest BCUT2D eigenvalue weighted by Crippen LogP contribution is -2.27. The molecule has 0 aliphatic carbocycles. The maximum atomic E-state index is 11.9. The van der Waals surface area contributed by atoms with Gasteiger partial charge in [-0.25, -0.2) is 21.6 Å². The van der Waals surface area contributed by atoms with Crippen LogP contribution in [0.15, 0.2) is 34.1 Å². The van der Waals surface area contributed by atoms with E-state index in [-0.39, 0.29) is 22.9 Å². The van der Waals surface area contributed by atoms with Gasteiger partial charge >= 0.3 is 0 Å². The van der Waals surface area contributed by atoms with E-state index in [4.69, 9.17) is 15.4 Å². The van der Waals surface area contributed by atoms with E-state index in [9.17, 15) is 16.8 Å². The molecule has 1 aromatic rings. The summed E-state index contributed by atoms with van der Waals surface area (Å²) in [4.78, 5) is -0.175. The Morgan fingerprint density at radius 1 is 1.05 bits per heavy atom. The summed E-state index contributed by atoms with van der Waals surface area (Å²) >= 11 is 0. The van der Waals surface area contributed by atoms with Crippen LogP contribution in [0.4, 0.5) is 0 Å². The van der Waals surface area contributed by atoms with E-state index in [2.05, 4.69) is 4.72 Å². The normalized spacial score (nSPS) is 12.5. The van der Waals surface area contributed by atoms with E-state index in [1.807, 2.05) is 6.92 Å². The smallest absolute Gasteiger partial charge is 0.261 e. The minimum absolute atomic E-state index is 0.0277. The van der Waals surface area contributed by atoms with Gasteiger partial charge in [0.1, 0.15) is 0 Å². The van der Waals surface area contributed by atoms with Crippen molar-refractivity contribution >= 4 is 29.8 Å². The van der Waals surface area contributed by atoms with Crippen LogP contribution in [0.5, 0.6) is 0 Å². The Kier molecular flexibility index (Phi) is 7.08. The van der Waals surface area contributed by atoms with Crippen LogP contribution in [0, 0.1) is 0 Å². The van der Waals surface area contributed by atoms with E-state index >= 15 is 0 Å². The van der Waals surface area contributed by atoms with Crippen LogP contribution in [-0.4, -0.2) is 36.6 Å². The molecule has 0 unspecified atom stereocenters. The van der Waals surface area contributed by atoms with Gasteiger partial charge in [-0.1, -0.05) is 13.3 Å². The second-order valence-corrected chi connectivity index (χ2v) is 8.61. The molecule has 1 rings (SSSR count). The Bertz CT molecular complexity index is 641. The fourth-order valence-electron chi connectivity index (χ4n) is 1.46. The first kappa shape index (κ1) is 18.4. The molecule has 6 nitrogen and oxygen atoms in total. The van der Waals surface area contributed by atoms with Crippen molar-refractivity contribution in [2.24, 2.45) is 0 Å². The van der Waals surface area contributed by atoms with Crippen LogP contribution in [0.25, 0.3) is 0 Å². The van der Waals surface area contributed by atoms with Gasteiger partial charge in [-0.3, -0.25) is 0 Å². The van der Waals surface area contributed by atoms with Crippen LogP contribution < -0.4 is 4.72 Å². The quantitative estimate of drug-likeness (QED) is 0.538. The second kappa shape index (κ2) is 8.09. The Balaban J connectivity index is 2.58. The Morgan fingerprint density at radius 2 is 1.62 bits per heavy atom. The third kappa shape index (κ3) is 6.31. The highest BCUT2D eigenvalue weighted by Crippen LogP contribution is 2.17. The molecule has 0 amide bonds. The zero-order chi connectivity index (χ0) is 15.9. The summed E-state index contributed by atoms with van der Waals surface area (Å²) in [6.45, 7) is 3.08. The van der Waals surface area contributed by atoms with E-state index in [0.29, 0.717) is 6.61 Å². The van der Waals surface area contributed by atoms with E-state index in [0.717, 1.165) is 25.0 Å². The van der Waals surface area contributed by atoms with Gasteiger partial charge in [0.05, 0.1) is 16.4 Å². The molecule has 0 saturated heterocycles. The molecule has 0 aliphatic rings. The molecule has 1 aromatic carbocycles. The molecule has 0 aliphatic heterocycles. The molecule has 0 bridgehead atoms. The van der Waals surface area contributed by atoms with Crippen LogP contribution >= 0.6 is 10.7 Å². The van der Waals surface area contributed by atoms with Gasteiger partial charge in [0.2, 0.25) is 10.0 Å². The molecule has 0 atom stereocenters. The number of rotatable bonds is 9. The number of sulfonamides is 1. The van der Waals surface area contributed by atoms with Crippen molar-refractivity contribution in [2.75, 3.05) is 19.8 Å². The van der Waals surface area contributed by atoms with Gasteiger partial charge in [-0.05, 0) is 30.7 Å². The number of halogens is 1. The maximum Gasteiger partial charge on any atom is 0.261 e. The van der Waals surface area contributed by atoms with Gasteiger partial charge in [0.25, 0.3) is 9.05 Å². The Hall–Kier alpha value is -0.670. The number of ether oxygens (including phenoxy) is 1. The van der Waals surface area contributed by atoms with Gasteiger partial charge < -0.3 is 4.74 Å². The lowest BCUT2D eigenvalue weighted by molar-refractivity contribution is 0.136. The standard InChI is InChI=1S/C12H18ClNO5S2/c1-2-3-9-19-10-8-14-21(17,18)12-6-4-11(5-7-12)20(13,15)16/h4-7,14H,2-3,8-10H2,1H3. The van der Waals surface area contributed by atoms with Crippen LogP contribution in [0.1, 0.15) is 19.8 Å². The monoisotopic (exact) mass is 355 g/mol. The summed E-state index contributed by atoms with van der Waals surface area (Å²) in [5, 5.41) is 0. The molecule has 0 aromatic heterocycles. The fourth-order valence-corrected chi connectivity index (χ4v) is 3.24. The highest BCUT2D eigenvalue weighted by molar-refractivity contribution is 8.13. The third-order valence-corrected chi connectivity index (χ3v) is 5.44. The average molecular weight is 356 g/mol. The largest absolute Gasteiger partial charge is 0.380 e. The third-order valence-electron chi connectivity index (χ3n) is 2.60. The molecule has 21 heavy (non-hydrogen) atoms. The Labute approximate surface area is 129 Å². The Morgan fingerprint density at radius 3 is 2.14 bits per heavy atom. The molecule has 0 fully saturated rings. The highest BCUT2D eigenvalue weighted by atomic mass is 35.7. The van der Waals surface area contributed by atoms with E-state index in [1.54, 1.807) is 0 Å². The summed E-state index contributed by atoms with van der Waals surface area (Å²) in [5.74, 6) is 0. The SMILES string of the molecule is CCCCOCCNS(=O)(=O)c1ccc(S(=O)(=O)Cl)cc1. The first-order valence-electron chi connectivity index (χ1n) is 6.39.